The van der Waals surface area contributed by atoms with Crippen molar-refractivity contribution in [2.45, 2.75) is 18.9 Å². The normalized spacial score (nSPS) is 18.8. The van der Waals surface area contributed by atoms with E-state index in [2.05, 4.69) is 16.4 Å². The molecule has 3 nitrogen and oxygen atoms in total. The van der Waals surface area contributed by atoms with Gasteiger partial charge in [0.15, 0.2) is 0 Å². The minimum atomic E-state index is 0.379. The lowest BCUT2D eigenvalue weighted by Crippen LogP contribution is -2.14. The number of hydrogen-bond acceptors (Lipinski definition) is 3. The predicted molar refractivity (Wildman–Crippen MR) is 70.7 cm³/mol. The van der Waals surface area contributed by atoms with Crippen LogP contribution in [0.4, 0.5) is 0 Å². The van der Waals surface area contributed by atoms with E-state index < -0.39 is 0 Å². The number of para-hydroxylation sites is 1. The number of hydrogen-bond donors (Lipinski definition) is 1. The molecule has 2 aromatic rings. The molecule has 92 valence electrons. The highest BCUT2D eigenvalue weighted by atomic mass is 16.5. The summed E-state index contributed by atoms with van der Waals surface area (Å²) >= 11 is 0. The number of pyridine rings is 1. The fourth-order valence-corrected chi connectivity index (χ4v) is 2.23. The van der Waals surface area contributed by atoms with Crippen molar-refractivity contribution in [3.8, 4) is 11.6 Å². The molecule has 1 N–H and O–H groups in total. The van der Waals surface area contributed by atoms with Gasteiger partial charge in [-0.3, -0.25) is 0 Å². The summed E-state index contributed by atoms with van der Waals surface area (Å²) in [5.41, 5.74) is 1.07. The topological polar surface area (TPSA) is 34.1 Å². The van der Waals surface area contributed by atoms with Crippen LogP contribution in [0, 0.1) is 0 Å². The maximum Gasteiger partial charge on any atom is 0.219 e. The number of aromatic nitrogens is 1. The van der Waals surface area contributed by atoms with Crippen molar-refractivity contribution in [3.05, 3.63) is 54.2 Å². The fraction of sp³-hybridized carbons (Fsp3) is 0.267. The first-order valence-corrected chi connectivity index (χ1v) is 6.35. The van der Waals surface area contributed by atoms with Crippen LogP contribution in [-0.2, 0) is 0 Å². The Morgan fingerprint density at radius 1 is 1.06 bits per heavy atom. The molecule has 2 heterocycles. The van der Waals surface area contributed by atoms with Crippen LogP contribution in [-0.4, -0.2) is 11.5 Å². The highest BCUT2D eigenvalue weighted by Gasteiger charge is 2.17. The summed E-state index contributed by atoms with van der Waals surface area (Å²) in [7, 11) is 0. The Hall–Kier alpha value is -1.87. The van der Waals surface area contributed by atoms with Crippen molar-refractivity contribution < 1.29 is 4.74 Å². The van der Waals surface area contributed by atoms with Gasteiger partial charge in [-0.1, -0.05) is 24.3 Å². The number of rotatable bonds is 3. The quantitative estimate of drug-likeness (QED) is 0.893. The van der Waals surface area contributed by atoms with E-state index >= 15 is 0 Å². The van der Waals surface area contributed by atoms with Gasteiger partial charge in [0.1, 0.15) is 5.75 Å². The molecule has 0 unspecified atom stereocenters. The lowest BCUT2D eigenvalue weighted by Gasteiger charge is -2.11. The molecule has 1 fully saturated rings. The van der Waals surface area contributed by atoms with Crippen molar-refractivity contribution in [2.75, 3.05) is 6.54 Å². The van der Waals surface area contributed by atoms with Crippen LogP contribution in [0.3, 0.4) is 0 Å². The molecule has 0 radical (unpaired) electrons. The molecule has 18 heavy (non-hydrogen) atoms. The fourth-order valence-electron chi connectivity index (χ4n) is 2.23. The van der Waals surface area contributed by atoms with E-state index in [1.807, 2.05) is 42.5 Å². The van der Waals surface area contributed by atoms with Gasteiger partial charge < -0.3 is 10.1 Å². The van der Waals surface area contributed by atoms with Crippen molar-refractivity contribution in [3.63, 3.8) is 0 Å². The summed E-state index contributed by atoms with van der Waals surface area (Å²) in [5, 5.41) is 3.45. The van der Waals surface area contributed by atoms with Crippen LogP contribution >= 0.6 is 0 Å². The number of benzene rings is 1. The van der Waals surface area contributed by atoms with Crippen molar-refractivity contribution in [1.29, 1.82) is 0 Å². The van der Waals surface area contributed by atoms with Crippen molar-refractivity contribution in [1.82, 2.24) is 10.3 Å². The summed E-state index contributed by atoms with van der Waals surface area (Å²) in [5.74, 6) is 1.48. The van der Waals surface area contributed by atoms with Crippen LogP contribution in [0.15, 0.2) is 48.5 Å². The third kappa shape index (κ3) is 2.51. The van der Waals surface area contributed by atoms with Crippen LogP contribution in [0.1, 0.15) is 24.6 Å². The summed E-state index contributed by atoms with van der Waals surface area (Å²) in [6.45, 7) is 1.08. The third-order valence-electron chi connectivity index (χ3n) is 3.13. The molecule has 1 aliphatic rings. The van der Waals surface area contributed by atoms with E-state index in [0.29, 0.717) is 11.9 Å². The second kappa shape index (κ2) is 5.19. The SMILES string of the molecule is c1ccc(Oc2cccc([C@H]3CCCN3)n2)cc1. The summed E-state index contributed by atoms with van der Waals surface area (Å²) < 4.78 is 5.74. The molecule has 1 atom stereocenters. The zero-order chi connectivity index (χ0) is 12.2. The second-order valence-electron chi connectivity index (χ2n) is 4.46. The Morgan fingerprint density at radius 3 is 2.72 bits per heavy atom. The molecule has 0 bridgehead atoms. The van der Waals surface area contributed by atoms with Crippen LogP contribution in [0.25, 0.3) is 0 Å². The molecule has 1 aromatic carbocycles. The average molecular weight is 240 g/mol. The monoisotopic (exact) mass is 240 g/mol. The zero-order valence-corrected chi connectivity index (χ0v) is 10.2. The van der Waals surface area contributed by atoms with Gasteiger partial charge in [0.25, 0.3) is 0 Å². The van der Waals surface area contributed by atoms with E-state index in [1.54, 1.807) is 0 Å². The Bertz CT molecular complexity index is 507. The van der Waals surface area contributed by atoms with Gasteiger partial charge in [-0.15, -0.1) is 0 Å². The van der Waals surface area contributed by atoms with Crippen LogP contribution in [0.5, 0.6) is 11.6 Å². The van der Waals surface area contributed by atoms with Gasteiger partial charge in [-0.2, -0.15) is 0 Å². The molecule has 1 aliphatic heterocycles. The first kappa shape index (κ1) is 11.2. The first-order chi connectivity index (χ1) is 8.92. The largest absolute Gasteiger partial charge is 0.439 e. The van der Waals surface area contributed by atoms with Gasteiger partial charge in [-0.25, -0.2) is 4.98 Å². The average Bonchev–Trinajstić information content (AvgIpc) is 2.94. The molecular formula is C15H16N2O. The Kier molecular flexibility index (Phi) is 3.24. The molecule has 1 saturated heterocycles. The smallest absolute Gasteiger partial charge is 0.219 e. The summed E-state index contributed by atoms with van der Waals surface area (Å²) in [6.07, 6.45) is 2.37. The van der Waals surface area contributed by atoms with E-state index in [-0.39, 0.29) is 0 Å². The van der Waals surface area contributed by atoms with E-state index in [4.69, 9.17) is 4.74 Å². The van der Waals surface area contributed by atoms with Gasteiger partial charge in [-0.05, 0) is 37.6 Å². The number of nitrogens with zero attached hydrogens (tertiary/aromatic N) is 1. The molecule has 0 aliphatic carbocycles. The van der Waals surface area contributed by atoms with Crippen LogP contribution < -0.4 is 10.1 Å². The summed E-state index contributed by atoms with van der Waals surface area (Å²) in [4.78, 5) is 4.57. The van der Waals surface area contributed by atoms with Crippen LogP contribution in [0.2, 0.25) is 0 Å². The number of nitrogens with one attached hydrogen (secondary N) is 1. The van der Waals surface area contributed by atoms with Crippen molar-refractivity contribution >= 4 is 0 Å². The maximum atomic E-state index is 5.74. The highest BCUT2D eigenvalue weighted by Crippen LogP contribution is 2.24. The molecule has 1 aromatic heterocycles. The Morgan fingerprint density at radius 2 is 1.94 bits per heavy atom. The molecule has 0 amide bonds. The van der Waals surface area contributed by atoms with Gasteiger partial charge in [0, 0.05) is 12.1 Å². The Labute approximate surface area is 107 Å². The number of ether oxygens (including phenoxy) is 1. The first-order valence-electron chi connectivity index (χ1n) is 6.35. The molecule has 3 rings (SSSR count). The van der Waals surface area contributed by atoms with Gasteiger partial charge in [0.2, 0.25) is 5.88 Å². The summed E-state index contributed by atoms with van der Waals surface area (Å²) in [6, 6.07) is 16.1. The van der Waals surface area contributed by atoms with Gasteiger partial charge >= 0.3 is 0 Å². The molecule has 3 heteroatoms. The highest BCUT2D eigenvalue weighted by molar-refractivity contribution is 5.27. The lowest BCUT2D eigenvalue weighted by atomic mass is 10.1. The molecule has 0 spiro atoms. The standard InChI is InChI=1S/C15H16N2O/c1-2-6-12(7-3-1)18-15-10-4-8-14(17-15)13-9-5-11-16-13/h1-4,6-8,10,13,16H,5,9,11H2/t13-/m1/s1. The molecular weight excluding hydrogens is 224 g/mol. The predicted octanol–water partition coefficient (Wildman–Crippen LogP) is 3.30. The maximum absolute atomic E-state index is 5.74. The van der Waals surface area contributed by atoms with Gasteiger partial charge in [0.05, 0.1) is 5.69 Å². The Balaban J connectivity index is 1.78. The zero-order valence-electron chi connectivity index (χ0n) is 10.2. The van der Waals surface area contributed by atoms with E-state index in [0.717, 1.165) is 24.4 Å². The minimum Gasteiger partial charge on any atom is -0.439 e. The third-order valence-corrected chi connectivity index (χ3v) is 3.13. The van der Waals surface area contributed by atoms with E-state index in [1.165, 1.54) is 6.42 Å². The van der Waals surface area contributed by atoms with Crippen molar-refractivity contribution in [2.24, 2.45) is 0 Å². The molecule has 0 saturated carbocycles. The second-order valence-corrected chi connectivity index (χ2v) is 4.46. The lowest BCUT2D eigenvalue weighted by molar-refractivity contribution is 0.456. The minimum absolute atomic E-state index is 0.379. The van der Waals surface area contributed by atoms with E-state index in [9.17, 15) is 0 Å².